The largest absolute Gasteiger partial charge is 0.497 e. The fourth-order valence-electron chi connectivity index (χ4n) is 3.09. The van der Waals surface area contributed by atoms with Gasteiger partial charge < -0.3 is 9.15 Å². The van der Waals surface area contributed by atoms with E-state index in [0.29, 0.717) is 27.4 Å². The van der Waals surface area contributed by atoms with E-state index in [0.717, 1.165) is 5.39 Å². The Morgan fingerprint density at radius 3 is 2.32 bits per heavy atom. The van der Waals surface area contributed by atoms with Gasteiger partial charge in [0.15, 0.2) is 5.76 Å². The lowest BCUT2D eigenvalue weighted by Gasteiger charge is -2.05. The zero-order chi connectivity index (χ0) is 19.5. The molecule has 0 unspecified atom stereocenters. The van der Waals surface area contributed by atoms with Gasteiger partial charge in [0, 0.05) is 21.4 Å². The molecule has 1 atom stereocenters. The number of furan rings is 1. The first-order valence-electron chi connectivity index (χ1n) is 8.80. The van der Waals surface area contributed by atoms with Gasteiger partial charge in [-0.05, 0) is 30.3 Å². The van der Waals surface area contributed by atoms with Gasteiger partial charge in [-0.15, -0.1) is 0 Å². The summed E-state index contributed by atoms with van der Waals surface area (Å²) in [4.78, 5) is 13.7. The minimum absolute atomic E-state index is 0.192. The number of fused-ring (bicyclic) bond motifs is 1. The highest BCUT2D eigenvalue weighted by molar-refractivity contribution is 7.84. The number of rotatable bonds is 6. The van der Waals surface area contributed by atoms with Gasteiger partial charge >= 0.3 is 0 Å². The number of ether oxygens (including phenoxy) is 1. The predicted octanol–water partition coefficient (Wildman–Crippen LogP) is 4.98. The maximum absolute atomic E-state index is 13.0. The lowest BCUT2D eigenvalue weighted by atomic mass is 10.0. The number of hydrogen-bond acceptors (Lipinski definition) is 4. The van der Waals surface area contributed by atoms with Crippen LogP contribution in [0.3, 0.4) is 0 Å². The molecule has 0 saturated heterocycles. The smallest absolute Gasteiger partial charge is 0.228 e. The van der Waals surface area contributed by atoms with E-state index in [1.807, 2.05) is 42.5 Å². The molecular formula is C23H18O4S. The van der Waals surface area contributed by atoms with Crippen molar-refractivity contribution in [1.82, 2.24) is 0 Å². The first-order valence-corrected chi connectivity index (χ1v) is 10.1. The van der Waals surface area contributed by atoms with Crippen LogP contribution < -0.4 is 4.74 Å². The number of benzene rings is 3. The average molecular weight is 390 g/mol. The molecule has 4 aromatic rings. The first-order chi connectivity index (χ1) is 13.7. The maximum atomic E-state index is 13.0. The Balaban J connectivity index is 1.74. The first kappa shape index (κ1) is 18.2. The van der Waals surface area contributed by atoms with Crippen molar-refractivity contribution < 1.29 is 18.2 Å². The van der Waals surface area contributed by atoms with Crippen LogP contribution in [0.2, 0.25) is 0 Å². The van der Waals surface area contributed by atoms with Gasteiger partial charge in [-0.1, -0.05) is 48.5 Å². The van der Waals surface area contributed by atoms with E-state index >= 15 is 0 Å². The number of hydrogen-bond donors (Lipinski definition) is 0. The lowest BCUT2D eigenvalue weighted by Crippen LogP contribution is -2.05. The van der Waals surface area contributed by atoms with Crippen molar-refractivity contribution in [3.05, 3.63) is 95.7 Å². The molecular weight excluding hydrogens is 372 g/mol. The van der Waals surface area contributed by atoms with Crippen LogP contribution in [0.5, 0.6) is 5.75 Å². The van der Waals surface area contributed by atoms with E-state index in [1.54, 1.807) is 43.5 Å². The second kappa shape index (κ2) is 7.82. The van der Waals surface area contributed by atoms with Crippen LogP contribution >= 0.6 is 0 Å². The van der Waals surface area contributed by atoms with Gasteiger partial charge in [-0.2, -0.15) is 0 Å². The minimum atomic E-state index is -1.33. The van der Waals surface area contributed by atoms with Crippen LogP contribution in [-0.2, 0) is 16.6 Å². The summed E-state index contributed by atoms with van der Waals surface area (Å²) in [5.41, 5.74) is 1.82. The van der Waals surface area contributed by atoms with E-state index in [9.17, 15) is 9.00 Å². The Hall–Kier alpha value is -3.18. The van der Waals surface area contributed by atoms with Crippen LogP contribution in [-0.4, -0.2) is 17.1 Å². The SMILES string of the molecule is COc1ccc([S@@](=O)Cc2c(C(=O)c3ccccc3)oc3ccccc23)cc1. The van der Waals surface area contributed by atoms with E-state index in [-0.39, 0.29) is 17.3 Å². The second-order valence-electron chi connectivity index (χ2n) is 6.27. The molecule has 0 aliphatic rings. The van der Waals surface area contributed by atoms with Gasteiger partial charge in [-0.25, -0.2) is 0 Å². The van der Waals surface area contributed by atoms with Crippen molar-refractivity contribution in [3.63, 3.8) is 0 Å². The summed E-state index contributed by atoms with van der Waals surface area (Å²) in [6.45, 7) is 0. The molecule has 0 N–H and O–H groups in total. The molecule has 4 nitrogen and oxygen atoms in total. The zero-order valence-electron chi connectivity index (χ0n) is 15.3. The highest BCUT2D eigenvalue weighted by Gasteiger charge is 2.23. The predicted molar refractivity (Wildman–Crippen MR) is 109 cm³/mol. The topological polar surface area (TPSA) is 56.5 Å². The summed E-state index contributed by atoms with van der Waals surface area (Å²) in [6, 6.07) is 23.5. The normalized spacial score (nSPS) is 12.0. The van der Waals surface area contributed by atoms with Crippen LogP contribution in [0.25, 0.3) is 11.0 Å². The van der Waals surface area contributed by atoms with Crippen molar-refractivity contribution in [1.29, 1.82) is 0 Å². The summed E-state index contributed by atoms with van der Waals surface area (Å²) in [6.07, 6.45) is 0. The van der Waals surface area contributed by atoms with Crippen molar-refractivity contribution >= 4 is 27.6 Å². The van der Waals surface area contributed by atoms with Crippen molar-refractivity contribution in [2.75, 3.05) is 7.11 Å². The molecule has 1 aromatic heterocycles. The van der Waals surface area contributed by atoms with Crippen LogP contribution in [0.1, 0.15) is 21.7 Å². The van der Waals surface area contributed by atoms with E-state index in [4.69, 9.17) is 9.15 Å². The minimum Gasteiger partial charge on any atom is -0.497 e. The Kier molecular flexibility index (Phi) is 5.08. The molecule has 5 heteroatoms. The van der Waals surface area contributed by atoms with E-state index < -0.39 is 10.8 Å². The lowest BCUT2D eigenvalue weighted by molar-refractivity contribution is 0.101. The number of ketones is 1. The molecule has 0 aliphatic heterocycles. The molecule has 0 spiro atoms. The molecule has 0 aliphatic carbocycles. The summed E-state index contributed by atoms with van der Waals surface area (Å²) < 4.78 is 24.0. The molecule has 140 valence electrons. The summed E-state index contributed by atoms with van der Waals surface area (Å²) in [5, 5.41) is 0.809. The van der Waals surface area contributed by atoms with E-state index in [2.05, 4.69) is 0 Å². The van der Waals surface area contributed by atoms with Gasteiger partial charge in [0.2, 0.25) is 5.78 Å². The standard InChI is InChI=1S/C23H18O4S/c1-26-17-11-13-18(14-12-17)28(25)15-20-19-9-5-6-10-21(19)27-23(20)22(24)16-7-3-2-4-8-16/h2-14H,15H2,1H3/t28-/m0/s1. The Morgan fingerprint density at radius 1 is 0.929 bits per heavy atom. The van der Waals surface area contributed by atoms with Gasteiger partial charge in [0.1, 0.15) is 11.3 Å². The quantitative estimate of drug-likeness (QED) is 0.436. The van der Waals surface area contributed by atoms with Crippen molar-refractivity contribution in [3.8, 4) is 5.75 Å². The van der Waals surface area contributed by atoms with Crippen molar-refractivity contribution in [2.24, 2.45) is 0 Å². The average Bonchev–Trinajstić information content (AvgIpc) is 3.12. The second-order valence-corrected chi connectivity index (χ2v) is 7.72. The van der Waals surface area contributed by atoms with Gasteiger partial charge in [-0.3, -0.25) is 9.00 Å². The zero-order valence-corrected chi connectivity index (χ0v) is 16.1. The molecule has 3 aromatic carbocycles. The van der Waals surface area contributed by atoms with Gasteiger partial charge in [0.05, 0.1) is 23.7 Å². The summed E-state index contributed by atoms with van der Waals surface area (Å²) in [7, 11) is 0.258. The fraction of sp³-hybridized carbons (Fsp3) is 0.0870. The molecule has 0 bridgehead atoms. The third kappa shape index (κ3) is 3.49. The molecule has 0 radical (unpaired) electrons. The van der Waals surface area contributed by atoms with Crippen molar-refractivity contribution in [2.45, 2.75) is 10.6 Å². The summed E-state index contributed by atoms with van der Waals surface area (Å²) >= 11 is 0. The number of methoxy groups -OCH3 is 1. The number of carbonyl (C=O) groups is 1. The van der Waals surface area contributed by atoms with Gasteiger partial charge in [0.25, 0.3) is 0 Å². The Bertz CT molecular complexity index is 1140. The van der Waals surface area contributed by atoms with Crippen LogP contribution in [0.4, 0.5) is 0 Å². The molecule has 0 fully saturated rings. The molecule has 4 rings (SSSR count). The third-order valence-corrected chi connectivity index (χ3v) is 5.89. The highest BCUT2D eigenvalue weighted by atomic mass is 32.2. The highest BCUT2D eigenvalue weighted by Crippen LogP contribution is 2.30. The molecule has 28 heavy (non-hydrogen) atoms. The molecule has 0 saturated carbocycles. The van der Waals surface area contributed by atoms with Crippen LogP contribution in [0, 0.1) is 0 Å². The van der Waals surface area contributed by atoms with E-state index in [1.165, 1.54) is 0 Å². The molecule has 0 amide bonds. The number of carbonyl (C=O) groups excluding carboxylic acids is 1. The fourth-order valence-corrected chi connectivity index (χ4v) is 4.24. The summed E-state index contributed by atoms with van der Waals surface area (Å²) in [5.74, 6) is 0.930. The van der Waals surface area contributed by atoms with Crippen LogP contribution in [0.15, 0.2) is 88.2 Å². The maximum Gasteiger partial charge on any atom is 0.228 e. The molecule has 1 heterocycles. The monoisotopic (exact) mass is 390 g/mol. The number of para-hydroxylation sites is 1. The Morgan fingerprint density at radius 2 is 1.61 bits per heavy atom. The Labute approximate surface area is 165 Å². The third-order valence-electron chi connectivity index (χ3n) is 4.54.